The summed E-state index contributed by atoms with van der Waals surface area (Å²) in [5, 5.41) is 5.21. The topological polar surface area (TPSA) is 24.4 Å². The third-order valence-corrected chi connectivity index (χ3v) is 2.53. The van der Waals surface area contributed by atoms with Gasteiger partial charge in [0, 0.05) is 0 Å². The summed E-state index contributed by atoms with van der Waals surface area (Å²) in [6.07, 6.45) is 0. The van der Waals surface area contributed by atoms with Crippen molar-refractivity contribution in [1.29, 1.82) is 0 Å². The lowest BCUT2D eigenvalue weighted by Crippen LogP contribution is -2.17. The quantitative estimate of drug-likeness (QED) is 0.616. The van der Waals surface area contributed by atoms with Crippen LogP contribution in [0.2, 0.25) is 0 Å². The predicted octanol–water partition coefficient (Wildman–Crippen LogP) is 2.55. The molecule has 0 saturated heterocycles. The Morgan fingerprint density at radius 3 is 3.27 bits per heavy atom. The maximum atomic E-state index is 5.68. The van der Waals surface area contributed by atoms with Gasteiger partial charge in [-0.05, 0) is 23.0 Å². The van der Waals surface area contributed by atoms with E-state index < -0.39 is 0 Å². The molecule has 4 heteroatoms. The molecule has 2 rings (SSSR count). The second-order valence-corrected chi connectivity index (χ2v) is 3.42. The number of nitrogens with one attached hydrogen (secondary N) is 1. The summed E-state index contributed by atoms with van der Waals surface area (Å²) in [7, 11) is 0. The highest BCUT2D eigenvalue weighted by molar-refractivity contribution is 7.11. The molecule has 0 unspecified atom stereocenters. The molecule has 0 aliphatic carbocycles. The Bertz CT molecular complexity index is 340. The Kier molecular flexibility index (Phi) is 1.47. The van der Waals surface area contributed by atoms with Gasteiger partial charge in [0.25, 0.3) is 0 Å². The van der Waals surface area contributed by atoms with Crippen LogP contribution in [0, 0.1) is 0 Å². The summed E-state index contributed by atoms with van der Waals surface area (Å²) in [4.78, 5) is 5.14. The molecular weight excluding hydrogens is 180 g/mol. The number of hydrogen-bond acceptors (Lipinski definition) is 3. The molecular formula is C7H5ClN2S. The second-order valence-electron chi connectivity index (χ2n) is 2.14. The van der Waals surface area contributed by atoms with Crippen LogP contribution < -0.4 is 5.32 Å². The summed E-state index contributed by atoms with van der Waals surface area (Å²) in [5.41, 5.74) is 1.73. The first-order valence-corrected chi connectivity index (χ1v) is 4.31. The summed E-state index contributed by atoms with van der Waals surface area (Å²) < 4.78 is 0. The van der Waals surface area contributed by atoms with E-state index >= 15 is 0 Å². The normalized spacial score (nSPS) is 15.4. The fourth-order valence-corrected chi connectivity index (χ4v) is 1.90. The number of hydrogen-bond donors (Lipinski definition) is 1. The largest absolute Gasteiger partial charge is 0.330 e. The van der Waals surface area contributed by atoms with E-state index in [-0.39, 0.29) is 0 Å². The van der Waals surface area contributed by atoms with Gasteiger partial charge in [-0.25, -0.2) is 4.99 Å². The van der Waals surface area contributed by atoms with Gasteiger partial charge in [-0.15, -0.1) is 11.3 Å². The molecule has 2 nitrogen and oxygen atoms in total. The van der Waals surface area contributed by atoms with Gasteiger partial charge in [-0.3, -0.25) is 0 Å². The molecule has 0 fully saturated rings. The highest BCUT2D eigenvalue weighted by Crippen LogP contribution is 2.32. The van der Waals surface area contributed by atoms with Gasteiger partial charge in [0.1, 0.15) is 0 Å². The molecule has 0 spiro atoms. The number of rotatable bonds is 0. The molecule has 1 N–H and O–H groups in total. The number of thiophene rings is 1. The number of nitrogens with zero attached hydrogens (tertiary/aromatic N) is 1. The van der Waals surface area contributed by atoms with Gasteiger partial charge >= 0.3 is 0 Å². The summed E-state index contributed by atoms with van der Waals surface area (Å²) in [6, 6.07) is 1.92. The van der Waals surface area contributed by atoms with Crippen LogP contribution in [0.25, 0.3) is 5.70 Å². The van der Waals surface area contributed by atoms with E-state index in [1.165, 1.54) is 0 Å². The molecule has 1 aliphatic rings. The Morgan fingerprint density at radius 2 is 2.45 bits per heavy atom. The van der Waals surface area contributed by atoms with E-state index in [0.717, 1.165) is 16.3 Å². The molecule has 0 radical (unpaired) electrons. The number of aliphatic imine (C=N–C) groups is 1. The first kappa shape index (κ1) is 6.88. The third-order valence-electron chi connectivity index (χ3n) is 1.39. The molecule has 0 saturated carbocycles. The zero-order chi connectivity index (χ0) is 7.84. The zero-order valence-electron chi connectivity index (χ0n) is 5.60. The Balaban J connectivity index is 2.60. The van der Waals surface area contributed by atoms with Gasteiger partial charge in [0.2, 0.25) is 5.29 Å². The first-order valence-electron chi connectivity index (χ1n) is 3.05. The molecule has 11 heavy (non-hydrogen) atoms. The van der Waals surface area contributed by atoms with Crippen LogP contribution in [0.15, 0.2) is 23.0 Å². The van der Waals surface area contributed by atoms with Crippen molar-refractivity contribution in [3.05, 3.63) is 22.9 Å². The molecule has 56 valence electrons. The molecule has 1 aromatic heterocycles. The first-order chi connectivity index (χ1) is 5.27. The van der Waals surface area contributed by atoms with Crippen LogP contribution in [0.4, 0.5) is 5.69 Å². The van der Waals surface area contributed by atoms with Crippen LogP contribution in [-0.4, -0.2) is 5.29 Å². The molecule has 0 aromatic carbocycles. The van der Waals surface area contributed by atoms with Crippen molar-refractivity contribution in [3.8, 4) is 0 Å². The van der Waals surface area contributed by atoms with Gasteiger partial charge in [0.15, 0.2) is 0 Å². The lowest BCUT2D eigenvalue weighted by Gasteiger charge is -2.11. The van der Waals surface area contributed by atoms with Crippen molar-refractivity contribution >= 4 is 39.6 Å². The van der Waals surface area contributed by atoms with Crippen LogP contribution in [0.3, 0.4) is 0 Å². The van der Waals surface area contributed by atoms with Gasteiger partial charge in [-0.1, -0.05) is 6.58 Å². The summed E-state index contributed by atoms with van der Waals surface area (Å²) in [5.74, 6) is 0. The molecule has 0 amide bonds. The van der Waals surface area contributed by atoms with E-state index in [9.17, 15) is 0 Å². The maximum Gasteiger partial charge on any atom is 0.201 e. The van der Waals surface area contributed by atoms with Crippen LogP contribution in [0.1, 0.15) is 4.88 Å². The lowest BCUT2D eigenvalue weighted by atomic mass is 10.3. The Labute approximate surface area is 73.2 Å². The number of halogens is 1. The van der Waals surface area contributed by atoms with E-state index in [4.69, 9.17) is 11.6 Å². The highest BCUT2D eigenvalue weighted by atomic mass is 35.5. The van der Waals surface area contributed by atoms with Gasteiger partial charge < -0.3 is 5.32 Å². The molecule has 2 heterocycles. The van der Waals surface area contributed by atoms with Crippen molar-refractivity contribution in [2.75, 3.05) is 0 Å². The average molecular weight is 185 g/mol. The minimum absolute atomic E-state index is 0.390. The minimum atomic E-state index is 0.390. The van der Waals surface area contributed by atoms with Gasteiger partial charge in [-0.2, -0.15) is 0 Å². The van der Waals surface area contributed by atoms with E-state index in [2.05, 4.69) is 16.9 Å². The smallest absolute Gasteiger partial charge is 0.201 e. The van der Waals surface area contributed by atoms with Crippen molar-refractivity contribution < 1.29 is 0 Å². The minimum Gasteiger partial charge on any atom is -0.330 e. The standard InChI is InChI=1S/C7H5ClN2S/c1-4-6-5(2-3-11-6)10-7(8)9-4/h2-3H,1H2,(H,9,10). The highest BCUT2D eigenvalue weighted by Gasteiger charge is 2.13. The fourth-order valence-electron chi connectivity index (χ4n) is 0.931. The maximum absolute atomic E-state index is 5.68. The van der Waals surface area contributed by atoms with Crippen molar-refractivity contribution in [2.24, 2.45) is 4.99 Å². The number of fused-ring (bicyclic) bond motifs is 1. The zero-order valence-corrected chi connectivity index (χ0v) is 7.17. The molecule has 1 aliphatic heterocycles. The Hall–Kier alpha value is -0.800. The SMILES string of the molecule is C=C1NC(Cl)=Nc2ccsc21. The predicted molar refractivity (Wildman–Crippen MR) is 49.4 cm³/mol. The monoisotopic (exact) mass is 184 g/mol. The van der Waals surface area contributed by atoms with E-state index in [1.54, 1.807) is 11.3 Å². The number of amidine groups is 1. The fraction of sp³-hybridized carbons (Fsp3) is 0. The van der Waals surface area contributed by atoms with Crippen LogP contribution in [0.5, 0.6) is 0 Å². The van der Waals surface area contributed by atoms with Gasteiger partial charge in [0.05, 0.1) is 16.3 Å². The van der Waals surface area contributed by atoms with Crippen molar-refractivity contribution in [1.82, 2.24) is 5.32 Å². The van der Waals surface area contributed by atoms with E-state index in [0.29, 0.717) is 5.29 Å². The summed E-state index contributed by atoms with van der Waals surface area (Å²) in [6.45, 7) is 3.81. The van der Waals surface area contributed by atoms with Crippen molar-refractivity contribution in [3.63, 3.8) is 0 Å². The second kappa shape index (κ2) is 2.36. The average Bonchev–Trinajstić information content (AvgIpc) is 2.34. The Morgan fingerprint density at radius 1 is 1.64 bits per heavy atom. The molecule has 1 aromatic rings. The lowest BCUT2D eigenvalue weighted by molar-refractivity contribution is 1.29. The van der Waals surface area contributed by atoms with Crippen LogP contribution in [-0.2, 0) is 0 Å². The summed E-state index contributed by atoms with van der Waals surface area (Å²) >= 11 is 7.29. The van der Waals surface area contributed by atoms with E-state index in [1.807, 2.05) is 11.4 Å². The molecule has 0 atom stereocenters. The van der Waals surface area contributed by atoms with Crippen LogP contribution >= 0.6 is 22.9 Å². The van der Waals surface area contributed by atoms with Crippen molar-refractivity contribution in [2.45, 2.75) is 0 Å². The third kappa shape index (κ3) is 1.06. The molecule has 0 bridgehead atoms.